The molecule has 0 bridgehead atoms. The smallest absolute Gasteiger partial charge is 0.203 e. The van der Waals surface area contributed by atoms with Gasteiger partial charge in [0.05, 0.1) is 11.2 Å². The number of anilines is 1. The van der Waals surface area contributed by atoms with Crippen LogP contribution in [-0.4, -0.2) is 20.2 Å². The normalized spacial score (nSPS) is 11.1. The Balaban J connectivity index is 1.79. The first kappa shape index (κ1) is 18.4. The molecule has 0 spiro atoms. The van der Waals surface area contributed by atoms with Gasteiger partial charge in [0.15, 0.2) is 5.01 Å². The van der Waals surface area contributed by atoms with Gasteiger partial charge in [-0.25, -0.2) is 4.98 Å². The highest BCUT2D eigenvalue weighted by Gasteiger charge is 2.16. The Morgan fingerprint density at radius 2 is 1.63 bits per heavy atom. The largest absolute Gasteiger partial charge is 0.374 e. The zero-order chi connectivity index (χ0) is 20.5. The highest BCUT2D eigenvalue weighted by Crippen LogP contribution is 2.36. The van der Waals surface area contributed by atoms with Gasteiger partial charge in [0.2, 0.25) is 5.13 Å². The zero-order valence-corrected chi connectivity index (χ0v) is 16.8. The van der Waals surface area contributed by atoms with Crippen molar-refractivity contribution in [2.75, 3.05) is 5.73 Å². The van der Waals surface area contributed by atoms with Crippen LogP contribution < -0.4 is 11.5 Å². The van der Waals surface area contributed by atoms with Crippen LogP contribution in [0.3, 0.4) is 0 Å². The molecule has 3 aromatic heterocycles. The number of nitrogens with two attached hydrogens (primary N) is 2. The Morgan fingerprint density at radius 1 is 0.833 bits per heavy atom. The molecule has 146 valence electrons. The van der Waals surface area contributed by atoms with Crippen LogP contribution >= 0.6 is 11.3 Å². The molecule has 0 radical (unpaired) electrons. The van der Waals surface area contributed by atoms with Crippen LogP contribution in [0.4, 0.5) is 5.13 Å². The van der Waals surface area contributed by atoms with Gasteiger partial charge in [-0.2, -0.15) is 0 Å². The van der Waals surface area contributed by atoms with Crippen molar-refractivity contribution in [1.82, 2.24) is 20.2 Å². The fourth-order valence-corrected chi connectivity index (χ4v) is 4.07. The van der Waals surface area contributed by atoms with E-state index in [1.807, 2.05) is 36.4 Å². The van der Waals surface area contributed by atoms with Crippen LogP contribution in [0.2, 0.25) is 0 Å². The lowest BCUT2D eigenvalue weighted by Gasteiger charge is -2.13. The molecule has 3 heterocycles. The number of nitrogen functional groups attached to an aromatic ring is 1. The average Bonchev–Trinajstić information content (AvgIpc) is 3.24. The van der Waals surface area contributed by atoms with Crippen molar-refractivity contribution < 1.29 is 0 Å². The topological polar surface area (TPSA) is 104 Å². The summed E-state index contributed by atoms with van der Waals surface area (Å²) in [7, 11) is 0. The number of hydrogen-bond donors (Lipinski definition) is 2. The lowest BCUT2D eigenvalue weighted by Crippen LogP contribution is -1.97. The molecule has 0 aliphatic rings. The van der Waals surface area contributed by atoms with E-state index in [1.54, 1.807) is 6.20 Å². The van der Waals surface area contributed by atoms with Gasteiger partial charge >= 0.3 is 0 Å². The van der Waals surface area contributed by atoms with E-state index in [1.165, 1.54) is 11.3 Å². The van der Waals surface area contributed by atoms with Crippen LogP contribution in [0.1, 0.15) is 5.56 Å². The van der Waals surface area contributed by atoms with Gasteiger partial charge in [0.25, 0.3) is 0 Å². The molecule has 4 N–H and O–H groups in total. The van der Waals surface area contributed by atoms with Gasteiger partial charge in [0, 0.05) is 29.3 Å². The van der Waals surface area contributed by atoms with Crippen molar-refractivity contribution in [3.8, 4) is 33.1 Å². The van der Waals surface area contributed by atoms with Crippen molar-refractivity contribution in [2.45, 2.75) is 6.54 Å². The highest BCUT2D eigenvalue weighted by atomic mass is 32.1. The molecule has 0 saturated carbocycles. The third-order valence-corrected chi connectivity index (χ3v) is 5.69. The summed E-state index contributed by atoms with van der Waals surface area (Å²) in [6, 6.07) is 22.5. The first-order valence-electron chi connectivity index (χ1n) is 9.47. The van der Waals surface area contributed by atoms with Gasteiger partial charge in [-0.1, -0.05) is 65.9 Å². The summed E-state index contributed by atoms with van der Waals surface area (Å²) in [5.74, 6) is 0. The van der Waals surface area contributed by atoms with Crippen LogP contribution in [0.15, 0.2) is 72.9 Å². The molecule has 6 nitrogen and oxygen atoms in total. The number of aromatic nitrogens is 4. The molecule has 30 heavy (non-hydrogen) atoms. The lowest BCUT2D eigenvalue weighted by molar-refractivity contribution is 1.07. The van der Waals surface area contributed by atoms with E-state index in [0.29, 0.717) is 16.7 Å². The van der Waals surface area contributed by atoms with E-state index in [0.717, 1.165) is 44.5 Å². The van der Waals surface area contributed by atoms with Gasteiger partial charge in [-0.3, -0.25) is 4.98 Å². The van der Waals surface area contributed by atoms with E-state index in [4.69, 9.17) is 16.5 Å². The summed E-state index contributed by atoms with van der Waals surface area (Å²) >= 11 is 1.32. The monoisotopic (exact) mass is 410 g/mol. The molecule has 0 unspecified atom stereocenters. The summed E-state index contributed by atoms with van der Waals surface area (Å²) in [5.41, 5.74) is 18.3. The first-order chi connectivity index (χ1) is 14.7. The minimum atomic E-state index is 0.414. The summed E-state index contributed by atoms with van der Waals surface area (Å²) in [6.45, 7) is 0.511. The zero-order valence-electron chi connectivity index (χ0n) is 16.0. The second kappa shape index (κ2) is 7.62. The van der Waals surface area contributed by atoms with Gasteiger partial charge in [0.1, 0.15) is 5.69 Å². The maximum absolute atomic E-state index is 5.80. The molecule has 5 rings (SSSR count). The lowest BCUT2D eigenvalue weighted by atomic mass is 9.96. The number of hydrogen-bond acceptors (Lipinski definition) is 7. The van der Waals surface area contributed by atoms with E-state index in [-0.39, 0.29) is 0 Å². The molecular weight excluding hydrogens is 392 g/mol. The fraction of sp³-hybridized carbons (Fsp3) is 0.0435. The van der Waals surface area contributed by atoms with Crippen molar-refractivity contribution >= 4 is 27.4 Å². The number of fused-ring (bicyclic) bond motifs is 1. The van der Waals surface area contributed by atoms with Gasteiger partial charge in [-0.05, 0) is 23.3 Å². The molecule has 0 saturated heterocycles. The summed E-state index contributed by atoms with van der Waals surface area (Å²) in [4.78, 5) is 9.57. The molecule has 0 aliphatic carbocycles. The van der Waals surface area contributed by atoms with Crippen LogP contribution in [0.5, 0.6) is 0 Å². The second-order valence-corrected chi connectivity index (χ2v) is 7.83. The Hall–Kier alpha value is -3.68. The second-order valence-electron chi connectivity index (χ2n) is 6.82. The predicted octanol–water partition coefficient (Wildman–Crippen LogP) is 4.52. The summed E-state index contributed by atoms with van der Waals surface area (Å²) < 4.78 is 0. The Labute approximate surface area is 177 Å². The average molecular weight is 411 g/mol. The quantitative estimate of drug-likeness (QED) is 0.451. The molecule has 0 amide bonds. The first-order valence-corrected chi connectivity index (χ1v) is 10.3. The van der Waals surface area contributed by atoms with E-state index in [2.05, 4.69) is 45.5 Å². The molecular formula is C23H18N6S. The van der Waals surface area contributed by atoms with E-state index < -0.39 is 0 Å². The molecule has 2 aromatic carbocycles. The number of nitrogens with zero attached hydrogens (tertiary/aromatic N) is 4. The predicted molar refractivity (Wildman–Crippen MR) is 122 cm³/mol. The van der Waals surface area contributed by atoms with Crippen molar-refractivity contribution in [3.05, 3.63) is 78.5 Å². The number of benzene rings is 2. The number of pyridine rings is 2. The standard InChI is InChI=1S/C23H18N6S/c24-13-14-6-8-16(9-7-14)20-17(15-4-2-1-3-5-15)12-18-19(27-20)10-11-26-21(18)22-28-29-23(25)30-22/h1-12H,13,24H2,(H2,25,29). The minimum Gasteiger partial charge on any atom is -0.374 e. The van der Waals surface area contributed by atoms with Crippen molar-refractivity contribution in [1.29, 1.82) is 0 Å². The van der Waals surface area contributed by atoms with Crippen LogP contribution in [-0.2, 0) is 6.54 Å². The summed E-state index contributed by atoms with van der Waals surface area (Å²) in [5, 5.41) is 10.1. The Morgan fingerprint density at radius 3 is 2.33 bits per heavy atom. The molecule has 7 heteroatoms. The molecule has 5 aromatic rings. The minimum absolute atomic E-state index is 0.414. The van der Waals surface area contributed by atoms with Gasteiger partial charge in [-0.15, -0.1) is 10.2 Å². The summed E-state index contributed by atoms with van der Waals surface area (Å²) in [6.07, 6.45) is 1.74. The highest BCUT2D eigenvalue weighted by molar-refractivity contribution is 7.18. The van der Waals surface area contributed by atoms with Crippen molar-refractivity contribution in [3.63, 3.8) is 0 Å². The van der Waals surface area contributed by atoms with Crippen molar-refractivity contribution in [2.24, 2.45) is 5.73 Å². The molecule has 0 fully saturated rings. The maximum atomic E-state index is 5.80. The molecule has 0 atom stereocenters. The van der Waals surface area contributed by atoms with Crippen LogP contribution in [0.25, 0.3) is 44.0 Å². The third-order valence-electron chi connectivity index (χ3n) is 4.93. The van der Waals surface area contributed by atoms with Crippen LogP contribution in [0, 0.1) is 0 Å². The Bertz CT molecular complexity index is 1330. The van der Waals surface area contributed by atoms with E-state index in [9.17, 15) is 0 Å². The van der Waals surface area contributed by atoms with E-state index >= 15 is 0 Å². The SMILES string of the molecule is NCc1ccc(-c2nc3ccnc(-c4nnc(N)s4)c3cc2-c2ccccc2)cc1. The van der Waals surface area contributed by atoms with Gasteiger partial charge < -0.3 is 11.5 Å². The third kappa shape index (κ3) is 3.30. The fourth-order valence-electron chi connectivity index (χ4n) is 3.45. The number of rotatable bonds is 4. The molecule has 0 aliphatic heterocycles. The Kier molecular flexibility index (Phi) is 4.66. The maximum Gasteiger partial charge on any atom is 0.203 e.